The molecule has 0 saturated carbocycles. The van der Waals surface area contributed by atoms with Crippen LogP contribution < -0.4 is 0 Å². The van der Waals surface area contributed by atoms with Crippen LogP contribution in [0.25, 0.3) is 0 Å². The van der Waals surface area contributed by atoms with Crippen molar-refractivity contribution in [3.8, 4) is 0 Å². The van der Waals surface area contributed by atoms with Gasteiger partial charge < -0.3 is 9.67 Å². The molecule has 0 aliphatic heterocycles. The number of aromatic carboxylic acids is 1. The third-order valence-corrected chi connectivity index (χ3v) is 1.77. The molecule has 72 valence electrons. The summed E-state index contributed by atoms with van der Waals surface area (Å²) >= 11 is 0. The molecule has 0 atom stereocenters. The van der Waals surface area contributed by atoms with Crippen molar-refractivity contribution >= 4 is 5.97 Å². The molecule has 0 bridgehead atoms. The minimum absolute atomic E-state index is 0.0495. The zero-order valence-corrected chi connectivity index (χ0v) is 7.21. The highest BCUT2D eigenvalue weighted by Gasteiger charge is 2.06. The second-order valence-electron chi connectivity index (χ2n) is 2.84. The molecule has 0 fully saturated rings. The van der Waals surface area contributed by atoms with E-state index in [1.54, 1.807) is 17.0 Å². The molecule has 2 aromatic heterocycles. The molecule has 6 heteroatoms. The van der Waals surface area contributed by atoms with E-state index in [4.69, 9.17) is 5.11 Å². The summed E-state index contributed by atoms with van der Waals surface area (Å²) in [4.78, 5) is 14.3. The number of imidazole rings is 1. The first-order valence-electron chi connectivity index (χ1n) is 3.98. The second kappa shape index (κ2) is 3.33. The minimum Gasteiger partial charge on any atom is -0.476 e. The Bertz CT molecular complexity index is 432. The fourth-order valence-corrected chi connectivity index (χ4v) is 1.13. The molecule has 0 saturated heterocycles. The maximum atomic E-state index is 10.5. The van der Waals surface area contributed by atoms with E-state index in [0.29, 0.717) is 6.54 Å². The molecule has 6 nitrogen and oxygen atoms in total. The van der Waals surface area contributed by atoms with Crippen LogP contribution >= 0.6 is 0 Å². The van der Waals surface area contributed by atoms with Gasteiger partial charge in [0.2, 0.25) is 0 Å². The van der Waals surface area contributed by atoms with E-state index in [9.17, 15) is 4.79 Å². The third-order valence-electron chi connectivity index (χ3n) is 1.77. The van der Waals surface area contributed by atoms with Gasteiger partial charge in [0.25, 0.3) is 0 Å². The van der Waals surface area contributed by atoms with E-state index in [1.165, 1.54) is 12.5 Å². The lowest BCUT2D eigenvalue weighted by molar-refractivity contribution is 0.0691. The first-order valence-corrected chi connectivity index (χ1v) is 3.98. The number of rotatable bonds is 3. The van der Waals surface area contributed by atoms with Gasteiger partial charge in [-0.3, -0.25) is 5.10 Å². The average Bonchev–Trinajstić information content (AvgIpc) is 2.75. The van der Waals surface area contributed by atoms with Crippen LogP contribution in [0.15, 0.2) is 24.9 Å². The highest BCUT2D eigenvalue weighted by atomic mass is 16.4. The van der Waals surface area contributed by atoms with Crippen LogP contribution in [0.4, 0.5) is 0 Å². The fraction of sp³-hybridized carbons (Fsp3) is 0.125. The Balaban J connectivity index is 2.14. The van der Waals surface area contributed by atoms with Crippen molar-refractivity contribution < 1.29 is 9.90 Å². The molecule has 0 spiro atoms. The van der Waals surface area contributed by atoms with Crippen molar-refractivity contribution in [2.75, 3.05) is 0 Å². The van der Waals surface area contributed by atoms with Crippen LogP contribution in [-0.4, -0.2) is 30.8 Å². The molecule has 2 rings (SSSR count). The molecule has 14 heavy (non-hydrogen) atoms. The van der Waals surface area contributed by atoms with Crippen molar-refractivity contribution in [3.05, 3.63) is 36.2 Å². The first-order chi connectivity index (χ1) is 6.75. The number of H-pyrrole nitrogens is 1. The SMILES string of the molecule is O=C(O)c1cn(Cc2cn[nH]c2)cn1. The number of nitrogens with zero attached hydrogens (tertiary/aromatic N) is 3. The van der Waals surface area contributed by atoms with E-state index in [2.05, 4.69) is 15.2 Å². The predicted molar refractivity (Wildman–Crippen MR) is 46.9 cm³/mol. The number of hydrogen-bond donors (Lipinski definition) is 2. The Morgan fingerprint density at radius 1 is 1.64 bits per heavy atom. The number of aromatic nitrogens is 4. The quantitative estimate of drug-likeness (QED) is 0.735. The van der Waals surface area contributed by atoms with E-state index >= 15 is 0 Å². The van der Waals surface area contributed by atoms with Crippen molar-refractivity contribution in [2.24, 2.45) is 0 Å². The van der Waals surface area contributed by atoms with Crippen LogP contribution in [0, 0.1) is 0 Å². The fourth-order valence-electron chi connectivity index (χ4n) is 1.13. The van der Waals surface area contributed by atoms with Gasteiger partial charge in [-0.1, -0.05) is 0 Å². The van der Waals surface area contributed by atoms with Gasteiger partial charge in [-0.15, -0.1) is 0 Å². The predicted octanol–water partition coefficient (Wildman–Crippen LogP) is 0.353. The van der Waals surface area contributed by atoms with E-state index in [-0.39, 0.29) is 5.69 Å². The van der Waals surface area contributed by atoms with Gasteiger partial charge in [-0.25, -0.2) is 9.78 Å². The summed E-state index contributed by atoms with van der Waals surface area (Å²) in [5.74, 6) is -1.02. The summed E-state index contributed by atoms with van der Waals surface area (Å²) < 4.78 is 1.69. The highest BCUT2D eigenvalue weighted by Crippen LogP contribution is 2.01. The molecule has 2 heterocycles. The van der Waals surface area contributed by atoms with Crippen molar-refractivity contribution in [2.45, 2.75) is 6.54 Å². The smallest absolute Gasteiger partial charge is 0.356 e. The third kappa shape index (κ3) is 1.63. The number of nitrogens with one attached hydrogen (secondary N) is 1. The van der Waals surface area contributed by atoms with Gasteiger partial charge in [-0.2, -0.15) is 5.10 Å². The van der Waals surface area contributed by atoms with E-state index < -0.39 is 5.97 Å². The minimum atomic E-state index is -1.02. The largest absolute Gasteiger partial charge is 0.476 e. The van der Waals surface area contributed by atoms with E-state index in [0.717, 1.165) is 5.56 Å². The van der Waals surface area contributed by atoms with Crippen LogP contribution in [-0.2, 0) is 6.54 Å². The zero-order valence-electron chi connectivity index (χ0n) is 7.21. The molecule has 0 aliphatic rings. The monoisotopic (exact) mass is 192 g/mol. The molecular weight excluding hydrogens is 184 g/mol. The summed E-state index contributed by atoms with van der Waals surface area (Å²) in [6, 6.07) is 0. The molecule has 0 radical (unpaired) electrons. The zero-order chi connectivity index (χ0) is 9.97. The average molecular weight is 192 g/mol. The first kappa shape index (κ1) is 8.49. The Labute approximate surface area is 79.2 Å². The second-order valence-corrected chi connectivity index (χ2v) is 2.84. The number of carbonyl (C=O) groups is 1. The Morgan fingerprint density at radius 3 is 3.07 bits per heavy atom. The number of carboxylic acids is 1. The van der Waals surface area contributed by atoms with Gasteiger partial charge in [0.1, 0.15) is 0 Å². The lowest BCUT2D eigenvalue weighted by Crippen LogP contribution is -1.97. The van der Waals surface area contributed by atoms with Gasteiger partial charge in [0.05, 0.1) is 19.1 Å². The van der Waals surface area contributed by atoms with Crippen LogP contribution in [0.1, 0.15) is 16.1 Å². The number of aromatic amines is 1. The molecule has 0 unspecified atom stereocenters. The van der Waals surface area contributed by atoms with Gasteiger partial charge in [0.15, 0.2) is 5.69 Å². The van der Waals surface area contributed by atoms with Gasteiger partial charge in [0, 0.05) is 18.0 Å². The standard InChI is InChI=1S/C8H8N4O2/c13-8(14)7-4-12(5-9-7)3-6-1-10-11-2-6/h1-2,4-5H,3H2,(H,10,11)(H,13,14). The summed E-state index contributed by atoms with van der Waals surface area (Å²) in [6.07, 6.45) is 6.40. The Hall–Kier alpha value is -2.11. The van der Waals surface area contributed by atoms with Gasteiger partial charge >= 0.3 is 5.97 Å². The van der Waals surface area contributed by atoms with Crippen LogP contribution in [0.2, 0.25) is 0 Å². The number of hydrogen-bond acceptors (Lipinski definition) is 3. The molecule has 2 aromatic rings. The van der Waals surface area contributed by atoms with Crippen molar-refractivity contribution in [3.63, 3.8) is 0 Å². The highest BCUT2D eigenvalue weighted by molar-refractivity contribution is 5.84. The van der Waals surface area contributed by atoms with Crippen molar-refractivity contribution in [1.82, 2.24) is 19.7 Å². The summed E-state index contributed by atoms with van der Waals surface area (Å²) in [5, 5.41) is 15.1. The maximum absolute atomic E-state index is 10.5. The van der Waals surface area contributed by atoms with Crippen molar-refractivity contribution in [1.29, 1.82) is 0 Å². The Morgan fingerprint density at radius 2 is 2.50 bits per heavy atom. The molecular formula is C8H8N4O2. The van der Waals surface area contributed by atoms with Crippen LogP contribution in [0.5, 0.6) is 0 Å². The molecule has 0 amide bonds. The maximum Gasteiger partial charge on any atom is 0.356 e. The number of carboxylic acid groups (broad SMARTS) is 1. The molecule has 0 aliphatic carbocycles. The summed E-state index contributed by atoms with van der Waals surface area (Å²) in [7, 11) is 0. The van der Waals surface area contributed by atoms with Gasteiger partial charge in [-0.05, 0) is 0 Å². The lowest BCUT2D eigenvalue weighted by atomic mass is 10.3. The molecule has 2 N–H and O–H groups in total. The van der Waals surface area contributed by atoms with Crippen LogP contribution in [0.3, 0.4) is 0 Å². The summed E-state index contributed by atoms with van der Waals surface area (Å²) in [6.45, 7) is 0.566. The summed E-state index contributed by atoms with van der Waals surface area (Å²) in [5.41, 5.74) is 1.02. The normalized spacial score (nSPS) is 10.3. The topological polar surface area (TPSA) is 83.8 Å². The molecule has 0 aromatic carbocycles. The Kier molecular flexibility index (Phi) is 2.02. The lowest BCUT2D eigenvalue weighted by Gasteiger charge is -1.96. The van der Waals surface area contributed by atoms with E-state index in [1.807, 2.05) is 0 Å².